The monoisotopic (exact) mass is 601 g/mol. The lowest BCUT2D eigenvalue weighted by Gasteiger charge is -2.32. The zero-order valence-electron chi connectivity index (χ0n) is 23.9. The van der Waals surface area contributed by atoms with Crippen LogP contribution in [0.1, 0.15) is 31.4 Å². The Morgan fingerprint density at radius 3 is 2.27 bits per heavy atom. The second-order valence-corrected chi connectivity index (χ2v) is 11.8. The summed E-state index contributed by atoms with van der Waals surface area (Å²) in [4.78, 5) is 28.2. The van der Waals surface area contributed by atoms with E-state index in [2.05, 4.69) is 5.32 Å². The zero-order valence-corrected chi connectivity index (χ0v) is 25.5. The van der Waals surface area contributed by atoms with Gasteiger partial charge < -0.3 is 19.7 Å². The Kier molecular flexibility index (Phi) is 11.0. The molecule has 0 saturated heterocycles. The summed E-state index contributed by atoms with van der Waals surface area (Å²) in [6.07, 6.45) is 0.728. The van der Waals surface area contributed by atoms with Gasteiger partial charge in [-0.15, -0.1) is 0 Å². The van der Waals surface area contributed by atoms with Crippen molar-refractivity contribution in [2.75, 3.05) is 31.6 Å². The van der Waals surface area contributed by atoms with E-state index in [4.69, 9.17) is 21.1 Å². The van der Waals surface area contributed by atoms with Crippen LogP contribution in [-0.4, -0.2) is 58.5 Å². The number of benzene rings is 3. The van der Waals surface area contributed by atoms with Gasteiger partial charge in [0.05, 0.1) is 24.8 Å². The van der Waals surface area contributed by atoms with Crippen LogP contribution in [0.15, 0.2) is 71.6 Å². The van der Waals surface area contributed by atoms with E-state index in [0.29, 0.717) is 28.6 Å². The first-order valence-corrected chi connectivity index (χ1v) is 15.0. The summed E-state index contributed by atoms with van der Waals surface area (Å²) >= 11 is 6.18. The lowest BCUT2D eigenvalue weighted by Crippen LogP contribution is -2.51. The molecule has 1 N–H and O–H groups in total. The van der Waals surface area contributed by atoms with Crippen LogP contribution in [0, 0.1) is 6.92 Å². The van der Waals surface area contributed by atoms with Gasteiger partial charge in [0.25, 0.3) is 10.0 Å². The van der Waals surface area contributed by atoms with Crippen LogP contribution < -0.4 is 19.1 Å². The predicted octanol–water partition coefficient (Wildman–Crippen LogP) is 4.80. The van der Waals surface area contributed by atoms with Gasteiger partial charge >= 0.3 is 0 Å². The van der Waals surface area contributed by atoms with Crippen LogP contribution in [0.4, 0.5) is 5.69 Å². The summed E-state index contributed by atoms with van der Waals surface area (Å²) in [7, 11) is -1.40. The molecule has 0 radical (unpaired) electrons. The number of ether oxygens (including phenoxy) is 2. The molecule has 3 aromatic carbocycles. The molecule has 0 aliphatic carbocycles. The molecule has 0 heterocycles. The number of nitrogens with zero attached hydrogens (tertiary/aromatic N) is 2. The third-order valence-electron chi connectivity index (χ3n) is 6.50. The van der Waals surface area contributed by atoms with E-state index < -0.39 is 28.5 Å². The second-order valence-electron chi connectivity index (χ2n) is 9.48. The number of sulfonamides is 1. The van der Waals surface area contributed by atoms with Crippen molar-refractivity contribution in [2.45, 2.75) is 44.7 Å². The van der Waals surface area contributed by atoms with Gasteiger partial charge in [-0.25, -0.2) is 8.42 Å². The number of hydrogen-bond donors (Lipinski definition) is 1. The molecule has 0 aromatic heterocycles. The van der Waals surface area contributed by atoms with Crippen molar-refractivity contribution in [1.29, 1.82) is 0 Å². The maximum absolute atomic E-state index is 14.1. The molecular weight excluding hydrogens is 566 g/mol. The maximum Gasteiger partial charge on any atom is 0.264 e. The standard InChI is InChI=1S/C30H36ClN3O6S/c1-6-16-32-30(36)22(3)33(19-23-8-7-9-24(31)17-23)29(35)20-34(25-12-10-21(2)11-13-25)41(37,38)26-14-15-27(39-4)28(18-26)40-5/h7-15,17-18,22H,6,16,19-20H2,1-5H3,(H,32,36)/t22-/m0/s1. The van der Waals surface area contributed by atoms with Crippen molar-refractivity contribution < 1.29 is 27.5 Å². The molecule has 11 heteroatoms. The highest BCUT2D eigenvalue weighted by Crippen LogP contribution is 2.32. The average molecular weight is 602 g/mol. The number of anilines is 1. The SMILES string of the molecule is CCCNC(=O)[C@H](C)N(Cc1cccc(Cl)c1)C(=O)CN(c1ccc(C)cc1)S(=O)(=O)c1ccc(OC)c(OC)c1. The number of hydrogen-bond acceptors (Lipinski definition) is 6. The number of aryl methyl sites for hydroxylation is 1. The van der Waals surface area contributed by atoms with E-state index in [9.17, 15) is 18.0 Å². The molecule has 0 bridgehead atoms. The van der Waals surface area contributed by atoms with Gasteiger partial charge in [-0.3, -0.25) is 13.9 Å². The van der Waals surface area contributed by atoms with Gasteiger partial charge in [-0.2, -0.15) is 0 Å². The smallest absolute Gasteiger partial charge is 0.264 e. The summed E-state index contributed by atoms with van der Waals surface area (Å²) in [5, 5.41) is 3.30. The Bertz CT molecular complexity index is 1460. The number of carbonyl (C=O) groups excluding carboxylic acids is 2. The Hall–Kier alpha value is -3.76. The number of rotatable bonds is 13. The maximum atomic E-state index is 14.1. The van der Waals surface area contributed by atoms with Crippen LogP contribution in [0.2, 0.25) is 5.02 Å². The number of nitrogens with one attached hydrogen (secondary N) is 1. The van der Waals surface area contributed by atoms with E-state index in [1.807, 2.05) is 13.8 Å². The fourth-order valence-electron chi connectivity index (χ4n) is 4.15. The van der Waals surface area contributed by atoms with Gasteiger partial charge in [-0.1, -0.05) is 48.4 Å². The largest absolute Gasteiger partial charge is 0.493 e. The summed E-state index contributed by atoms with van der Waals surface area (Å²) in [6.45, 7) is 5.38. The third-order valence-corrected chi connectivity index (χ3v) is 8.51. The van der Waals surface area contributed by atoms with Crippen molar-refractivity contribution >= 4 is 39.1 Å². The molecule has 2 amide bonds. The summed E-state index contributed by atoms with van der Waals surface area (Å²) in [5.41, 5.74) is 1.92. The highest BCUT2D eigenvalue weighted by atomic mass is 35.5. The van der Waals surface area contributed by atoms with Gasteiger partial charge in [0.1, 0.15) is 12.6 Å². The van der Waals surface area contributed by atoms with Crippen LogP contribution >= 0.6 is 11.6 Å². The minimum atomic E-state index is -4.26. The topological polar surface area (TPSA) is 105 Å². The van der Waals surface area contributed by atoms with Gasteiger partial charge in [0.2, 0.25) is 11.8 Å². The van der Waals surface area contributed by atoms with Crippen LogP contribution in [0.5, 0.6) is 11.5 Å². The van der Waals surface area contributed by atoms with Gasteiger partial charge in [0, 0.05) is 24.2 Å². The summed E-state index contributed by atoms with van der Waals surface area (Å²) in [6, 6.07) is 17.1. The Morgan fingerprint density at radius 1 is 0.976 bits per heavy atom. The summed E-state index contributed by atoms with van der Waals surface area (Å²) < 4.78 is 39.7. The van der Waals surface area contributed by atoms with Crippen molar-refractivity contribution in [1.82, 2.24) is 10.2 Å². The van der Waals surface area contributed by atoms with E-state index in [1.165, 1.54) is 37.3 Å². The molecule has 3 rings (SSSR count). The van der Waals surface area contributed by atoms with E-state index in [1.54, 1.807) is 55.5 Å². The molecule has 220 valence electrons. The molecule has 0 saturated carbocycles. The minimum absolute atomic E-state index is 0.0538. The van der Waals surface area contributed by atoms with Crippen LogP contribution in [0.3, 0.4) is 0 Å². The Morgan fingerprint density at radius 2 is 1.66 bits per heavy atom. The van der Waals surface area contributed by atoms with Crippen molar-refractivity contribution in [3.63, 3.8) is 0 Å². The molecule has 3 aromatic rings. The minimum Gasteiger partial charge on any atom is -0.493 e. The lowest BCUT2D eigenvalue weighted by molar-refractivity contribution is -0.139. The molecule has 0 unspecified atom stereocenters. The molecular formula is C30H36ClN3O6S. The second kappa shape index (κ2) is 14.2. The zero-order chi connectivity index (χ0) is 30.2. The molecule has 0 fully saturated rings. The molecule has 0 aliphatic rings. The number of carbonyl (C=O) groups is 2. The Balaban J connectivity index is 2.06. The van der Waals surface area contributed by atoms with Crippen molar-refractivity contribution in [3.05, 3.63) is 82.9 Å². The molecule has 1 atom stereocenters. The molecule has 0 spiro atoms. The molecule has 9 nitrogen and oxygen atoms in total. The number of amides is 2. The Labute approximate surface area is 247 Å². The summed E-state index contributed by atoms with van der Waals surface area (Å²) in [5.74, 6) is -0.308. The highest BCUT2D eigenvalue weighted by Gasteiger charge is 2.33. The van der Waals surface area contributed by atoms with E-state index in [0.717, 1.165) is 16.3 Å². The van der Waals surface area contributed by atoms with E-state index in [-0.39, 0.29) is 23.1 Å². The molecule has 41 heavy (non-hydrogen) atoms. The first-order chi connectivity index (χ1) is 19.5. The molecule has 0 aliphatic heterocycles. The van der Waals surface area contributed by atoms with E-state index >= 15 is 0 Å². The fraction of sp³-hybridized carbons (Fsp3) is 0.333. The van der Waals surface area contributed by atoms with Crippen LogP contribution in [-0.2, 0) is 26.2 Å². The first-order valence-electron chi connectivity index (χ1n) is 13.1. The van der Waals surface area contributed by atoms with Gasteiger partial charge in [-0.05, 0) is 62.2 Å². The van der Waals surface area contributed by atoms with Crippen molar-refractivity contribution in [2.24, 2.45) is 0 Å². The fourth-order valence-corrected chi connectivity index (χ4v) is 5.80. The third kappa shape index (κ3) is 7.92. The average Bonchev–Trinajstić information content (AvgIpc) is 2.97. The number of methoxy groups -OCH3 is 2. The number of halogens is 1. The van der Waals surface area contributed by atoms with Gasteiger partial charge in [0.15, 0.2) is 11.5 Å². The normalized spacial score (nSPS) is 11.9. The predicted molar refractivity (Wildman–Crippen MR) is 160 cm³/mol. The first kappa shape index (κ1) is 31.8. The lowest BCUT2D eigenvalue weighted by atomic mass is 10.1. The van der Waals surface area contributed by atoms with Crippen LogP contribution in [0.25, 0.3) is 0 Å². The quantitative estimate of drug-likeness (QED) is 0.302. The van der Waals surface area contributed by atoms with Crippen molar-refractivity contribution in [3.8, 4) is 11.5 Å². The highest BCUT2D eigenvalue weighted by molar-refractivity contribution is 7.92.